The van der Waals surface area contributed by atoms with Gasteiger partial charge < -0.3 is 11.1 Å². The third kappa shape index (κ3) is 4.88. The second kappa shape index (κ2) is 6.55. The van der Waals surface area contributed by atoms with Crippen molar-refractivity contribution in [1.29, 1.82) is 0 Å². The molecule has 1 aromatic carbocycles. The maximum absolute atomic E-state index is 11.7. The molecule has 0 bridgehead atoms. The molecule has 0 aromatic heterocycles. The molecule has 1 aromatic rings. The lowest BCUT2D eigenvalue weighted by Gasteiger charge is -2.21. The highest BCUT2D eigenvalue weighted by Crippen LogP contribution is 2.17. The van der Waals surface area contributed by atoms with E-state index in [0.717, 1.165) is 12.0 Å². The highest BCUT2D eigenvalue weighted by atomic mass is 16.1. The molecule has 0 fully saturated rings. The molecule has 3 heteroatoms. The van der Waals surface area contributed by atoms with Crippen molar-refractivity contribution in [1.82, 2.24) is 5.32 Å². The van der Waals surface area contributed by atoms with Crippen LogP contribution in [-0.2, 0) is 17.8 Å². The Morgan fingerprint density at radius 2 is 1.78 bits per heavy atom. The number of carbonyl (C=O) groups excluding carboxylic acids is 1. The van der Waals surface area contributed by atoms with Crippen LogP contribution in [0.3, 0.4) is 0 Å². The van der Waals surface area contributed by atoms with Crippen LogP contribution in [0.4, 0.5) is 0 Å². The van der Waals surface area contributed by atoms with E-state index < -0.39 is 0 Å². The van der Waals surface area contributed by atoms with E-state index in [1.54, 1.807) is 0 Å². The Morgan fingerprint density at radius 3 is 2.28 bits per heavy atom. The first-order valence-electron chi connectivity index (χ1n) is 6.51. The van der Waals surface area contributed by atoms with Crippen LogP contribution in [0.2, 0.25) is 0 Å². The molecule has 0 saturated carbocycles. The molecule has 0 saturated heterocycles. The molecule has 3 N–H and O–H groups in total. The second-order valence-electron chi connectivity index (χ2n) is 5.49. The van der Waals surface area contributed by atoms with Gasteiger partial charge in [-0.1, -0.05) is 45.0 Å². The summed E-state index contributed by atoms with van der Waals surface area (Å²) in [6.07, 6.45) is 1.51. The van der Waals surface area contributed by atoms with Crippen LogP contribution in [0, 0.1) is 5.41 Å². The standard InChI is InChI=1S/C15H24N2O/c1-4-12-5-7-13(8-6-12)10-17-14(18)9-15(2,3)11-16/h5-8H,4,9-11,16H2,1-3H3,(H,17,18). The summed E-state index contributed by atoms with van der Waals surface area (Å²) in [5.41, 5.74) is 7.93. The summed E-state index contributed by atoms with van der Waals surface area (Å²) in [7, 11) is 0. The zero-order valence-electron chi connectivity index (χ0n) is 11.6. The quantitative estimate of drug-likeness (QED) is 0.811. The first-order valence-corrected chi connectivity index (χ1v) is 6.51. The van der Waals surface area contributed by atoms with Gasteiger partial charge in [-0.15, -0.1) is 0 Å². The fourth-order valence-electron chi connectivity index (χ4n) is 1.66. The summed E-state index contributed by atoms with van der Waals surface area (Å²) >= 11 is 0. The number of nitrogens with two attached hydrogens (primary N) is 1. The van der Waals surface area contributed by atoms with Crippen molar-refractivity contribution in [2.75, 3.05) is 6.54 Å². The van der Waals surface area contributed by atoms with Crippen molar-refractivity contribution in [3.63, 3.8) is 0 Å². The molecule has 0 spiro atoms. The van der Waals surface area contributed by atoms with Crippen LogP contribution < -0.4 is 11.1 Å². The Hall–Kier alpha value is -1.35. The molecule has 0 atom stereocenters. The molecule has 18 heavy (non-hydrogen) atoms. The third-order valence-corrected chi connectivity index (χ3v) is 3.11. The monoisotopic (exact) mass is 248 g/mol. The van der Waals surface area contributed by atoms with E-state index in [9.17, 15) is 4.79 Å². The van der Waals surface area contributed by atoms with Crippen molar-refractivity contribution >= 4 is 5.91 Å². The van der Waals surface area contributed by atoms with Gasteiger partial charge in [-0.25, -0.2) is 0 Å². The third-order valence-electron chi connectivity index (χ3n) is 3.11. The SMILES string of the molecule is CCc1ccc(CNC(=O)CC(C)(C)CN)cc1. The minimum absolute atomic E-state index is 0.0602. The second-order valence-corrected chi connectivity index (χ2v) is 5.49. The maximum Gasteiger partial charge on any atom is 0.220 e. The molecule has 0 radical (unpaired) electrons. The van der Waals surface area contributed by atoms with Crippen LogP contribution >= 0.6 is 0 Å². The fourth-order valence-corrected chi connectivity index (χ4v) is 1.66. The van der Waals surface area contributed by atoms with E-state index in [1.807, 2.05) is 13.8 Å². The van der Waals surface area contributed by atoms with Crippen LogP contribution in [-0.4, -0.2) is 12.5 Å². The summed E-state index contributed by atoms with van der Waals surface area (Å²) in [6.45, 7) is 7.24. The lowest BCUT2D eigenvalue weighted by molar-refractivity contribution is -0.123. The minimum Gasteiger partial charge on any atom is -0.352 e. The summed E-state index contributed by atoms with van der Waals surface area (Å²) in [5.74, 6) is 0.0602. The smallest absolute Gasteiger partial charge is 0.220 e. The van der Waals surface area contributed by atoms with Crippen molar-refractivity contribution < 1.29 is 4.79 Å². The average molecular weight is 248 g/mol. The maximum atomic E-state index is 11.7. The number of nitrogens with one attached hydrogen (secondary N) is 1. The van der Waals surface area contributed by atoms with Crippen molar-refractivity contribution in [2.45, 2.75) is 40.2 Å². The predicted octanol–water partition coefficient (Wildman–Crippen LogP) is 2.24. The molecular formula is C15H24N2O. The molecule has 3 nitrogen and oxygen atoms in total. The van der Waals surface area contributed by atoms with Gasteiger partial charge in [-0.05, 0) is 29.5 Å². The zero-order chi connectivity index (χ0) is 13.6. The van der Waals surface area contributed by atoms with Crippen molar-refractivity contribution in [2.24, 2.45) is 11.1 Å². The molecule has 0 aliphatic heterocycles. The first kappa shape index (κ1) is 14.7. The van der Waals surface area contributed by atoms with Crippen LogP contribution in [0.25, 0.3) is 0 Å². The molecule has 0 aliphatic carbocycles. The normalized spacial score (nSPS) is 11.3. The molecule has 0 unspecified atom stereocenters. The van der Waals surface area contributed by atoms with E-state index in [1.165, 1.54) is 5.56 Å². The van der Waals surface area contributed by atoms with Gasteiger partial charge >= 0.3 is 0 Å². The van der Waals surface area contributed by atoms with Crippen molar-refractivity contribution in [3.05, 3.63) is 35.4 Å². The summed E-state index contributed by atoms with van der Waals surface area (Å²) in [6, 6.07) is 8.33. The van der Waals surface area contributed by atoms with Gasteiger partial charge in [0, 0.05) is 13.0 Å². The molecule has 0 heterocycles. The van der Waals surface area contributed by atoms with E-state index in [2.05, 4.69) is 36.5 Å². The lowest BCUT2D eigenvalue weighted by Crippen LogP contribution is -2.32. The summed E-state index contributed by atoms with van der Waals surface area (Å²) < 4.78 is 0. The Labute approximate surface area is 110 Å². The lowest BCUT2D eigenvalue weighted by atomic mass is 9.89. The molecule has 1 rings (SSSR count). The highest BCUT2D eigenvalue weighted by molar-refractivity contribution is 5.76. The number of hydrogen-bond acceptors (Lipinski definition) is 2. The van der Waals surface area contributed by atoms with Gasteiger partial charge in [0.2, 0.25) is 5.91 Å². The predicted molar refractivity (Wildman–Crippen MR) is 75.1 cm³/mol. The number of rotatable bonds is 6. The fraction of sp³-hybridized carbons (Fsp3) is 0.533. The number of amides is 1. The molecular weight excluding hydrogens is 224 g/mol. The van der Waals surface area contributed by atoms with Gasteiger partial charge in [0.05, 0.1) is 0 Å². The zero-order valence-corrected chi connectivity index (χ0v) is 11.6. The Bertz CT molecular complexity index is 382. The molecule has 1 amide bonds. The van der Waals surface area contributed by atoms with Crippen molar-refractivity contribution in [3.8, 4) is 0 Å². The summed E-state index contributed by atoms with van der Waals surface area (Å²) in [5, 5.41) is 2.93. The van der Waals surface area contributed by atoms with E-state index in [0.29, 0.717) is 19.5 Å². The number of aryl methyl sites for hydroxylation is 1. The molecule has 100 valence electrons. The van der Waals surface area contributed by atoms with Crippen LogP contribution in [0.1, 0.15) is 38.3 Å². The van der Waals surface area contributed by atoms with E-state index >= 15 is 0 Å². The largest absolute Gasteiger partial charge is 0.352 e. The van der Waals surface area contributed by atoms with Gasteiger partial charge in [0.1, 0.15) is 0 Å². The van der Waals surface area contributed by atoms with Gasteiger partial charge in [-0.3, -0.25) is 4.79 Å². The van der Waals surface area contributed by atoms with E-state index in [-0.39, 0.29) is 11.3 Å². The van der Waals surface area contributed by atoms with Crippen LogP contribution in [0.5, 0.6) is 0 Å². The first-order chi connectivity index (χ1) is 8.46. The minimum atomic E-state index is -0.129. The van der Waals surface area contributed by atoms with Crippen LogP contribution in [0.15, 0.2) is 24.3 Å². The average Bonchev–Trinajstić information content (AvgIpc) is 2.36. The Kier molecular flexibility index (Phi) is 5.35. The number of benzene rings is 1. The number of carbonyl (C=O) groups is 1. The molecule has 0 aliphatic rings. The Balaban J connectivity index is 2.42. The van der Waals surface area contributed by atoms with Gasteiger partial charge in [-0.2, -0.15) is 0 Å². The number of hydrogen-bond donors (Lipinski definition) is 2. The van der Waals surface area contributed by atoms with Gasteiger partial charge in [0.25, 0.3) is 0 Å². The highest BCUT2D eigenvalue weighted by Gasteiger charge is 2.19. The Morgan fingerprint density at radius 1 is 1.22 bits per heavy atom. The van der Waals surface area contributed by atoms with E-state index in [4.69, 9.17) is 5.73 Å². The van der Waals surface area contributed by atoms with Gasteiger partial charge in [0.15, 0.2) is 0 Å². The summed E-state index contributed by atoms with van der Waals surface area (Å²) in [4.78, 5) is 11.7. The topological polar surface area (TPSA) is 55.1 Å².